The summed E-state index contributed by atoms with van der Waals surface area (Å²) in [5.41, 5.74) is 5.02. The average Bonchev–Trinajstić information content (AvgIpc) is 2.88. The van der Waals surface area contributed by atoms with Gasteiger partial charge in [0.1, 0.15) is 11.9 Å². The van der Waals surface area contributed by atoms with Crippen molar-refractivity contribution >= 4 is 11.6 Å². The second-order valence-electron chi connectivity index (χ2n) is 5.27. The minimum absolute atomic E-state index is 0.647. The Bertz CT molecular complexity index is 664. The van der Waals surface area contributed by atoms with Gasteiger partial charge in [0.05, 0.1) is 6.61 Å². The molecule has 1 atom stereocenters. The van der Waals surface area contributed by atoms with Crippen molar-refractivity contribution in [3.05, 3.63) is 63.2 Å². The van der Waals surface area contributed by atoms with Crippen LogP contribution in [0, 0.1) is 13.8 Å². The molecule has 2 aromatic carbocycles. The van der Waals surface area contributed by atoms with Gasteiger partial charge >= 0.3 is 0 Å². The molecule has 0 spiro atoms. The second kappa shape index (κ2) is 5.12. The van der Waals surface area contributed by atoms with Crippen LogP contribution < -0.4 is 4.74 Å². The standard InChI is InChI=1S/C17H17ClO2/c1-10-4-3-5-14(11(10)2)16(19)15-9-13(18)8-12-6-7-20-17(12)15/h3-5,8-9,16,19H,6-7H2,1-2H3. The van der Waals surface area contributed by atoms with Crippen LogP contribution in [0.3, 0.4) is 0 Å². The summed E-state index contributed by atoms with van der Waals surface area (Å²) in [7, 11) is 0. The van der Waals surface area contributed by atoms with E-state index in [4.69, 9.17) is 16.3 Å². The molecule has 0 saturated carbocycles. The fourth-order valence-corrected chi connectivity index (χ4v) is 2.99. The van der Waals surface area contributed by atoms with E-state index in [1.54, 1.807) is 6.07 Å². The Morgan fingerprint density at radius 1 is 1.20 bits per heavy atom. The van der Waals surface area contributed by atoms with Gasteiger partial charge in [-0.25, -0.2) is 0 Å². The molecule has 2 aromatic rings. The maximum absolute atomic E-state index is 10.7. The number of ether oxygens (including phenoxy) is 1. The summed E-state index contributed by atoms with van der Waals surface area (Å²) < 4.78 is 5.68. The van der Waals surface area contributed by atoms with Crippen molar-refractivity contribution in [1.29, 1.82) is 0 Å². The predicted octanol–water partition coefficient (Wildman–Crippen LogP) is 3.97. The number of aliphatic hydroxyl groups is 1. The monoisotopic (exact) mass is 288 g/mol. The summed E-state index contributed by atoms with van der Waals surface area (Å²) in [5.74, 6) is 0.794. The maximum Gasteiger partial charge on any atom is 0.128 e. The molecule has 3 heteroatoms. The number of benzene rings is 2. The Morgan fingerprint density at radius 3 is 2.80 bits per heavy atom. The van der Waals surface area contributed by atoms with E-state index < -0.39 is 6.10 Å². The third-order valence-electron chi connectivity index (χ3n) is 4.01. The molecule has 1 N–H and O–H groups in total. The number of hydrogen-bond donors (Lipinski definition) is 1. The average molecular weight is 289 g/mol. The number of hydrogen-bond acceptors (Lipinski definition) is 2. The highest BCUT2D eigenvalue weighted by Crippen LogP contribution is 2.39. The molecule has 1 aliphatic rings. The van der Waals surface area contributed by atoms with E-state index in [2.05, 4.69) is 0 Å². The SMILES string of the molecule is Cc1cccc(C(O)c2cc(Cl)cc3c2OCC3)c1C. The molecular weight excluding hydrogens is 272 g/mol. The van der Waals surface area contributed by atoms with E-state index in [1.807, 2.05) is 38.1 Å². The van der Waals surface area contributed by atoms with Gasteiger partial charge in [-0.2, -0.15) is 0 Å². The van der Waals surface area contributed by atoms with Gasteiger partial charge in [-0.1, -0.05) is 29.8 Å². The smallest absolute Gasteiger partial charge is 0.128 e. The van der Waals surface area contributed by atoms with E-state index in [9.17, 15) is 5.11 Å². The van der Waals surface area contributed by atoms with Crippen molar-refractivity contribution in [3.63, 3.8) is 0 Å². The fourth-order valence-electron chi connectivity index (χ4n) is 2.74. The minimum Gasteiger partial charge on any atom is -0.493 e. The van der Waals surface area contributed by atoms with Crippen LogP contribution in [-0.4, -0.2) is 11.7 Å². The summed E-state index contributed by atoms with van der Waals surface area (Å²) in [6.07, 6.45) is 0.142. The van der Waals surface area contributed by atoms with E-state index in [0.717, 1.165) is 34.4 Å². The van der Waals surface area contributed by atoms with Crippen molar-refractivity contribution < 1.29 is 9.84 Å². The van der Waals surface area contributed by atoms with Gasteiger partial charge in [0, 0.05) is 17.0 Å². The van der Waals surface area contributed by atoms with Gasteiger partial charge in [0.15, 0.2) is 0 Å². The van der Waals surface area contributed by atoms with Crippen LogP contribution in [0.25, 0.3) is 0 Å². The van der Waals surface area contributed by atoms with Gasteiger partial charge in [0.25, 0.3) is 0 Å². The van der Waals surface area contributed by atoms with Crippen molar-refractivity contribution in [3.8, 4) is 5.75 Å². The number of aliphatic hydroxyl groups excluding tert-OH is 1. The summed E-state index contributed by atoms with van der Waals surface area (Å²) in [6.45, 7) is 4.73. The molecule has 104 valence electrons. The van der Waals surface area contributed by atoms with Gasteiger partial charge < -0.3 is 9.84 Å². The third-order valence-corrected chi connectivity index (χ3v) is 4.23. The molecule has 1 heterocycles. The number of fused-ring (bicyclic) bond motifs is 1. The van der Waals surface area contributed by atoms with E-state index in [0.29, 0.717) is 11.6 Å². The van der Waals surface area contributed by atoms with E-state index in [1.165, 1.54) is 5.56 Å². The number of rotatable bonds is 2. The second-order valence-corrected chi connectivity index (χ2v) is 5.71. The van der Waals surface area contributed by atoms with Crippen molar-refractivity contribution in [2.24, 2.45) is 0 Å². The molecule has 0 bridgehead atoms. The Morgan fingerprint density at radius 2 is 2.00 bits per heavy atom. The zero-order valence-corrected chi connectivity index (χ0v) is 12.4. The maximum atomic E-state index is 10.7. The van der Waals surface area contributed by atoms with Crippen LogP contribution in [0.2, 0.25) is 5.02 Å². The Hall–Kier alpha value is -1.51. The van der Waals surface area contributed by atoms with E-state index in [-0.39, 0.29) is 0 Å². The Kier molecular flexibility index (Phi) is 3.45. The van der Waals surface area contributed by atoms with Crippen molar-refractivity contribution in [1.82, 2.24) is 0 Å². The molecule has 3 rings (SSSR count). The summed E-state index contributed by atoms with van der Waals surface area (Å²) in [4.78, 5) is 0. The molecule has 1 unspecified atom stereocenters. The Balaban J connectivity index is 2.11. The van der Waals surface area contributed by atoms with Crippen LogP contribution in [0.4, 0.5) is 0 Å². The minimum atomic E-state index is -0.708. The molecule has 0 aliphatic carbocycles. The van der Waals surface area contributed by atoms with Gasteiger partial charge in [-0.3, -0.25) is 0 Å². The highest BCUT2D eigenvalue weighted by molar-refractivity contribution is 6.30. The lowest BCUT2D eigenvalue weighted by Crippen LogP contribution is -2.05. The van der Waals surface area contributed by atoms with Crippen LogP contribution in [0.5, 0.6) is 5.75 Å². The largest absolute Gasteiger partial charge is 0.493 e. The first-order valence-corrected chi connectivity index (χ1v) is 7.15. The van der Waals surface area contributed by atoms with Crippen molar-refractivity contribution in [2.45, 2.75) is 26.4 Å². The first kappa shape index (κ1) is 13.5. The quantitative estimate of drug-likeness (QED) is 0.906. The molecule has 2 nitrogen and oxygen atoms in total. The zero-order valence-electron chi connectivity index (χ0n) is 11.6. The number of halogens is 1. The predicted molar refractivity (Wildman–Crippen MR) is 80.6 cm³/mol. The lowest BCUT2D eigenvalue weighted by atomic mass is 9.93. The fraction of sp³-hybridized carbons (Fsp3) is 0.294. The highest BCUT2D eigenvalue weighted by atomic mass is 35.5. The third kappa shape index (κ3) is 2.19. The molecule has 1 aliphatic heterocycles. The Labute approximate surface area is 124 Å². The summed E-state index contributed by atoms with van der Waals surface area (Å²) >= 11 is 6.16. The first-order chi connectivity index (χ1) is 9.58. The van der Waals surface area contributed by atoms with Crippen LogP contribution in [0.15, 0.2) is 30.3 Å². The molecular formula is C17H17ClO2. The molecule has 0 amide bonds. The summed E-state index contributed by atoms with van der Waals surface area (Å²) in [5, 5.41) is 11.4. The molecule has 0 fully saturated rings. The van der Waals surface area contributed by atoms with E-state index >= 15 is 0 Å². The molecule has 0 saturated heterocycles. The first-order valence-electron chi connectivity index (χ1n) is 6.77. The van der Waals surface area contributed by atoms with Crippen LogP contribution in [-0.2, 0) is 6.42 Å². The molecule has 0 aromatic heterocycles. The highest BCUT2D eigenvalue weighted by Gasteiger charge is 2.24. The van der Waals surface area contributed by atoms with Crippen LogP contribution >= 0.6 is 11.6 Å². The molecule has 20 heavy (non-hydrogen) atoms. The molecule has 0 radical (unpaired) electrons. The summed E-state index contributed by atoms with van der Waals surface area (Å²) in [6, 6.07) is 9.69. The van der Waals surface area contributed by atoms with Crippen molar-refractivity contribution in [2.75, 3.05) is 6.61 Å². The lowest BCUT2D eigenvalue weighted by molar-refractivity contribution is 0.213. The van der Waals surface area contributed by atoms with Crippen LogP contribution in [0.1, 0.15) is 33.9 Å². The lowest BCUT2D eigenvalue weighted by Gasteiger charge is -2.18. The number of aryl methyl sites for hydroxylation is 1. The van der Waals surface area contributed by atoms with Gasteiger partial charge in [0.2, 0.25) is 0 Å². The zero-order chi connectivity index (χ0) is 14.3. The topological polar surface area (TPSA) is 29.5 Å². The van der Waals surface area contributed by atoms with Gasteiger partial charge in [-0.15, -0.1) is 0 Å². The van der Waals surface area contributed by atoms with Gasteiger partial charge in [-0.05, 0) is 48.2 Å². The normalized spacial score (nSPS) is 14.8.